The summed E-state index contributed by atoms with van der Waals surface area (Å²) in [6.07, 6.45) is 2.60. The maximum atomic E-state index is 12.4. The summed E-state index contributed by atoms with van der Waals surface area (Å²) in [5.74, 6) is 2.28. The number of nitrogens with zero attached hydrogens (tertiary/aromatic N) is 3. The maximum Gasteiger partial charge on any atom is 0.221 e. The molecule has 0 radical (unpaired) electrons. The van der Waals surface area contributed by atoms with Gasteiger partial charge in [-0.05, 0) is 73.2 Å². The van der Waals surface area contributed by atoms with Gasteiger partial charge in [-0.15, -0.1) is 11.3 Å². The van der Waals surface area contributed by atoms with E-state index < -0.39 is 0 Å². The summed E-state index contributed by atoms with van der Waals surface area (Å²) < 4.78 is 7.68. The number of thiophene rings is 1. The monoisotopic (exact) mass is 471 g/mol. The van der Waals surface area contributed by atoms with Gasteiger partial charge in [0.25, 0.3) is 0 Å². The van der Waals surface area contributed by atoms with Crippen molar-refractivity contribution in [3.8, 4) is 16.5 Å². The third kappa shape index (κ3) is 5.85. The Morgan fingerprint density at radius 2 is 2.06 bits per heavy atom. The molecule has 0 atom stereocenters. The van der Waals surface area contributed by atoms with Crippen LogP contribution in [-0.2, 0) is 17.9 Å². The summed E-state index contributed by atoms with van der Waals surface area (Å²) in [7, 11) is 1.69. The number of methoxy groups -OCH3 is 1. The van der Waals surface area contributed by atoms with Crippen LogP contribution in [0.3, 0.4) is 0 Å². The zero-order chi connectivity index (χ0) is 22.3. The number of carbonyl (C=O) groups excluding carboxylic acids is 1. The first-order valence-electron chi connectivity index (χ1n) is 10.9. The number of carbonyl (C=O) groups is 1. The molecule has 3 aromatic rings. The zero-order valence-electron chi connectivity index (χ0n) is 18.3. The van der Waals surface area contributed by atoms with Crippen LogP contribution in [-0.4, -0.2) is 52.3 Å². The molecule has 0 saturated carbocycles. The summed E-state index contributed by atoms with van der Waals surface area (Å²) in [6.45, 7) is 4.33. The van der Waals surface area contributed by atoms with E-state index in [9.17, 15) is 4.79 Å². The van der Waals surface area contributed by atoms with E-state index in [0.717, 1.165) is 55.5 Å². The number of hydrogen-bond donors (Lipinski definition) is 2. The van der Waals surface area contributed by atoms with Crippen LogP contribution in [0, 0.1) is 10.7 Å². The summed E-state index contributed by atoms with van der Waals surface area (Å²) in [4.78, 5) is 16.0. The lowest BCUT2D eigenvalue weighted by molar-refractivity contribution is -0.121. The van der Waals surface area contributed by atoms with E-state index in [1.165, 1.54) is 5.56 Å². The average molecular weight is 472 g/mol. The quantitative estimate of drug-likeness (QED) is 0.460. The fourth-order valence-corrected chi connectivity index (χ4v) is 4.96. The fraction of sp³-hybridized carbons (Fsp3) is 0.435. The average Bonchev–Trinajstić information content (AvgIpc) is 3.47. The van der Waals surface area contributed by atoms with E-state index in [-0.39, 0.29) is 5.91 Å². The van der Waals surface area contributed by atoms with E-state index in [1.807, 2.05) is 34.2 Å². The Balaban J connectivity index is 1.18. The molecule has 0 unspecified atom stereocenters. The van der Waals surface area contributed by atoms with Crippen LogP contribution in [0.2, 0.25) is 0 Å². The minimum absolute atomic E-state index is 0.0610. The van der Waals surface area contributed by atoms with Crippen LogP contribution in [0.4, 0.5) is 0 Å². The Kier molecular flexibility index (Phi) is 7.72. The number of aromatic nitrogens is 3. The van der Waals surface area contributed by atoms with Crippen molar-refractivity contribution in [1.29, 1.82) is 0 Å². The first-order chi connectivity index (χ1) is 15.6. The van der Waals surface area contributed by atoms with Gasteiger partial charge in [0.1, 0.15) is 5.75 Å². The molecule has 0 spiro atoms. The van der Waals surface area contributed by atoms with E-state index in [1.54, 1.807) is 18.4 Å². The van der Waals surface area contributed by atoms with Crippen molar-refractivity contribution in [1.82, 2.24) is 25.0 Å². The number of amides is 1. The Bertz CT molecular complexity index is 1050. The number of hydrogen-bond acceptors (Lipinski definition) is 6. The predicted octanol–water partition coefficient (Wildman–Crippen LogP) is 4.10. The third-order valence-corrected chi connectivity index (χ3v) is 7.10. The Hall–Kier alpha value is -2.49. The number of H-pyrrole nitrogens is 1. The second-order valence-corrected chi connectivity index (χ2v) is 9.44. The number of nitrogens with one attached hydrogen (secondary N) is 2. The van der Waals surface area contributed by atoms with Crippen LogP contribution in [0.25, 0.3) is 10.7 Å². The largest absolute Gasteiger partial charge is 0.497 e. The first-order valence-corrected chi connectivity index (χ1v) is 12.2. The van der Waals surface area contributed by atoms with Gasteiger partial charge in [-0.25, -0.2) is 0 Å². The number of likely N-dealkylation sites (tertiary alicyclic amines) is 1. The van der Waals surface area contributed by atoms with Gasteiger partial charge in [0.15, 0.2) is 10.6 Å². The molecule has 4 rings (SSSR count). The van der Waals surface area contributed by atoms with Gasteiger partial charge in [0.05, 0.1) is 12.0 Å². The van der Waals surface area contributed by atoms with Gasteiger partial charge >= 0.3 is 0 Å². The smallest absolute Gasteiger partial charge is 0.221 e. The van der Waals surface area contributed by atoms with Crippen molar-refractivity contribution in [2.24, 2.45) is 5.92 Å². The van der Waals surface area contributed by atoms with Crippen molar-refractivity contribution < 1.29 is 9.53 Å². The van der Waals surface area contributed by atoms with Crippen LogP contribution >= 0.6 is 23.6 Å². The van der Waals surface area contributed by atoms with E-state index >= 15 is 0 Å². The van der Waals surface area contributed by atoms with E-state index in [2.05, 4.69) is 32.5 Å². The summed E-state index contributed by atoms with van der Waals surface area (Å²) in [6, 6.07) is 12.3. The topological polar surface area (TPSA) is 75.2 Å². The predicted molar refractivity (Wildman–Crippen MR) is 129 cm³/mol. The molecule has 1 amide bonds. The Morgan fingerprint density at radius 3 is 2.75 bits per heavy atom. The van der Waals surface area contributed by atoms with Crippen LogP contribution in [0.1, 0.15) is 24.8 Å². The van der Waals surface area contributed by atoms with Crippen molar-refractivity contribution in [2.45, 2.75) is 32.4 Å². The highest BCUT2D eigenvalue weighted by Crippen LogP contribution is 2.23. The number of ether oxygens (including phenoxy) is 1. The summed E-state index contributed by atoms with van der Waals surface area (Å²) >= 11 is 6.95. The molecule has 1 aliphatic rings. The van der Waals surface area contributed by atoms with Crippen molar-refractivity contribution in [3.63, 3.8) is 0 Å². The van der Waals surface area contributed by atoms with Crippen molar-refractivity contribution in [2.75, 3.05) is 26.7 Å². The van der Waals surface area contributed by atoms with Gasteiger partial charge in [-0.1, -0.05) is 18.2 Å². The highest BCUT2D eigenvalue weighted by molar-refractivity contribution is 7.71. The van der Waals surface area contributed by atoms with Crippen LogP contribution in [0.5, 0.6) is 5.75 Å². The molecular weight excluding hydrogens is 442 g/mol. The molecule has 1 aliphatic heterocycles. The Labute approximate surface area is 197 Å². The van der Waals surface area contributed by atoms with Crippen LogP contribution < -0.4 is 10.1 Å². The summed E-state index contributed by atoms with van der Waals surface area (Å²) in [5.41, 5.74) is 1.30. The second-order valence-electron chi connectivity index (χ2n) is 8.10. The molecule has 2 aromatic heterocycles. The minimum atomic E-state index is 0.0610. The minimum Gasteiger partial charge on any atom is -0.497 e. The van der Waals surface area contributed by atoms with Crippen LogP contribution in [0.15, 0.2) is 41.8 Å². The molecule has 32 heavy (non-hydrogen) atoms. The molecule has 2 N–H and O–H groups in total. The molecule has 7 nitrogen and oxygen atoms in total. The summed E-state index contributed by atoms with van der Waals surface area (Å²) in [5, 5.41) is 12.3. The molecule has 3 heterocycles. The Morgan fingerprint density at radius 1 is 1.28 bits per heavy atom. The first kappa shape index (κ1) is 22.7. The van der Waals surface area contributed by atoms with Gasteiger partial charge in [0.2, 0.25) is 5.91 Å². The SMILES string of the molecule is COc1ccc(CN2CCC(CNC(=O)CCn3c(-c4cccs4)n[nH]c3=S)CC2)cc1. The molecule has 1 fully saturated rings. The number of aromatic amines is 1. The van der Waals surface area contributed by atoms with Gasteiger partial charge < -0.3 is 10.1 Å². The van der Waals surface area contributed by atoms with Gasteiger partial charge in [0, 0.05) is 26.1 Å². The second kappa shape index (κ2) is 10.9. The number of benzene rings is 1. The lowest BCUT2D eigenvalue weighted by Crippen LogP contribution is -2.38. The maximum absolute atomic E-state index is 12.4. The van der Waals surface area contributed by atoms with Crippen molar-refractivity contribution >= 4 is 29.5 Å². The fourth-order valence-electron chi connectivity index (χ4n) is 4.02. The molecule has 9 heteroatoms. The molecular formula is C23H29N5O2S2. The number of rotatable bonds is 9. The highest BCUT2D eigenvalue weighted by Gasteiger charge is 2.20. The normalized spacial score (nSPS) is 15.0. The van der Waals surface area contributed by atoms with E-state index in [4.69, 9.17) is 17.0 Å². The third-order valence-electron chi connectivity index (χ3n) is 5.92. The molecule has 1 saturated heterocycles. The number of piperidine rings is 1. The lowest BCUT2D eigenvalue weighted by Gasteiger charge is -2.32. The zero-order valence-corrected chi connectivity index (χ0v) is 19.9. The molecule has 0 bridgehead atoms. The van der Waals surface area contributed by atoms with Crippen molar-refractivity contribution in [3.05, 3.63) is 52.1 Å². The van der Waals surface area contributed by atoms with Gasteiger partial charge in [-0.2, -0.15) is 5.10 Å². The van der Waals surface area contributed by atoms with E-state index in [0.29, 0.717) is 23.7 Å². The standard InChI is InChI=1S/C23H29N5O2S2/c1-30-19-6-4-18(5-7-19)16-27-11-8-17(9-12-27)15-24-21(29)10-13-28-22(25-26-23(28)31)20-3-2-14-32-20/h2-7,14,17H,8-13,15-16H2,1H3,(H,24,29)(H,26,31). The van der Waals surface area contributed by atoms with Gasteiger partial charge in [-0.3, -0.25) is 19.4 Å². The molecule has 0 aliphatic carbocycles. The molecule has 1 aromatic carbocycles. The lowest BCUT2D eigenvalue weighted by atomic mass is 9.96. The molecule has 170 valence electrons. The highest BCUT2D eigenvalue weighted by atomic mass is 32.1.